The number of benzene rings is 1. The molecule has 1 aliphatic carbocycles. The third-order valence-corrected chi connectivity index (χ3v) is 11.9. The van der Waals surface area contributed by atoms with Gasteiger partial charge in [-0.2, -0.15) is 0 Å². The number of rotatable bonds is 28. The molecule has 7 nitrogen and oxygen atoms in total. The lowest BCUT2D eigenvalue weighted by atomic mass is 9.58. The highest BCUT2D eigenvalue weighted by molar-refractivity contribution is 6.30. The Bertz CT molecular complexity index is 1170. The number of nitrogens with one attached hydrogen (secondary N) is 1. The van der Waals surface area contributed by atoms with E-state index < -0.39 is 6.04 Å². The molecular formula is C46H79ClN2O5. The molecular weight excluding hydrogens is 696 g/mol. The third-order valence-electron chi connectivity index (χ3n) is 11.7. The molecule has 8 heteroatoms. The second-order valence-corrected chi connectivity index (χ2v) is 17.9. The molecule has 3 rings (SSSR count). The van der Waals surface area contributed by atoms with Crippen molar-refractivity contribution in [2.45, 2.75) is 206 Å². The van der Waals surface area contributed by atoms with Gasteiger partial charge in [0.25, 0.3) is 0 Å². The van der Waals surface area contributed by atoms with E-state index >= 15 is 0 Å². The number of carbonyl (C=O) groups is 3. The van der Waals surface area contributed by atoms with Gasteiger partial charge in [0.2, 0.25) is 6.41 Å². The smallest absolute Gasteiger partial charge is 0.328 e. The van der Waals surface area contributed by atoms with Crippen LogP contribution in [0.3, 0.4) is 0 Å². The van der Waals surface area contributed by atoms with Crippen molar-refractivity contribution in [1.82, 2.24) is 10.2 Å². The van der Waals surface area contributed by atoms with Crippen molar-refractivity contribution in [2.75, 3.05) is 14.1 Å². The Morgan fingerprint density at radius 1 is 0.889 bits per heavy atom. The van der Waals surface area contributed by atoms with Crippen LogP contribution < -0.4 is 5.32 Å². The average molecular weight is 776 g/mol. The van der Waals surface area contributed by atoms with Crippen LogP contribution in [0.15, 0.2) is 24.3 Å². The Morgan fingerprint density at radius 3 is 1.93 bits per heavy atom. The van der Waals surface area contributed by atoms with E-state index in [9.17, 15) is 14.4 Å². The molecule has 0 bridgehead atoms. The molecule has 2 aliphatic rings. The number of carbonyl (C=O) groups excluding carboxylic acids is 3. The van der Waals surface area contributed by atoms with Crippen molar-refractivity contribution in [3.63, 3.8) is 0 Å². The number of amides is 1. The quantitative estimate of drug-likeness (QED) is 0.0518. The van der Waals surface area contributed by atoms with E-state index in [1.54, 1.807) is 0 Å². The first-order valence-corrected chi connectivity index (χ1v) is 22.3. The summed E-state index contributed by atoms with van der Waals surface area (Å²) in [7, 11) is 4.45. The topological polar surface area (TPSA) is 84.9 Å². The van der Waals surface area contributed by atoms with Gasteiger partial charge < -0.3 is 19.7 Å². The van der Waals surface area contributed by atoms with E-state index in [2.05, 4.69) is 64.1 Å². The highest BCUT2D eigenvalue weighted by atomic mass is 35.5. The van der Waals surface area contributed by atoms with E-state index in [1.807, 2.05) is 26.0 Å². The molecule has 2 fully saturated rings. The van der Waals surface area contributed by atoms with Crippen LogP contribution in [0.1, 0.15) is 182 Å². The lowest BCUT2D eigenvalue weighted by Gasteiger charge is -2.51. The molecule has 5 atom stereocenters. The summed E-state index contributed by atoms with van der Waals surface area (Å²) in [6.45, 7) is 13.1. The maximum atomic E-state index is 12.9. The summed E-state index contributed by atoms with van der Waals surface area (Å²) in [6.07, 6.45) is 23.7. The number of halogens is 1. The molecule has 0 aromatic heterocycles. The van der Waals surface area contributed by atoms with Crippen LogP contribution in [0, 0.1) is 17.8 Å². The molecule has 1 saturated heterocycles. The summed E-state index contributed by atoms with van der Waals surface area (Å²) < 4.78 is 11.4. The fourth-order valence-electron chi connectivity index (χ4n) is 8.44. The fraction of sp³-hybridized carbons (Fsp3) is 0.804. The molecule has 310 valence electrons. The minimum atomic E-state index is -0.632. The monoisotopic (exact) mass is 775 g/mol. The zero-order valence-electron chi connectivity index (χ0n) is 35.6. The van der Waals surface area contributed by atoms with Gasteiger partial charge in [0, 0.05) is 22.9 Å². The summed E-state index contributed by atoms with van der Waals surface area (Å²) in [4.78, 5) is 38.4. The largest absolute Gasteiger partial charge is 0.461 e. The fourth-order valence-corrected chi connectivity index (χ4v) is 8.56. The molecule has 54 heavy (non-hydrogen) atoms. The molecule has 1 N–H and O–H groups in total. The Balaban J connectivity index is 0.000000442. The van der Waals surface area contributed by atoms with Gasteiger partial charge in [0.05, 0.1) is 5.92 Å². The van der Waals surface area contributed by atoms with Gasteiger partial charge in [-0.05, 0) is 88.6 Å². The molecule has 1 unspecified atom stereocenters. The van der Waals surface area contributed by atoms with Crippen LogP contribution in [-0.2, 0) is 29.3 Å². The summed E-state index contributed by atoms with van der Waals surface area (Å²) in [5.74, 6) is 0.431. The van der Waals surface area contributed by atoms with Crippen molar-refractivity contribution in [2.24, 2.45) is 17.8 Å². The molecule has 1 saturated carbocycles. The highest BCUT2D eigenvalue weighted by Gasteiger charge is 2.46. The van der Waals surface area contributed by atoms with Crippen LogP contribution in [0.5, 0.6) is 0 Å². The van der Waals surface area contributed by atoms with Crippen LogP contribution in [0.25, 0.3) is 0 Å². The van der Waals surface area contributed by atoms with E-state index in [0.29, 0.717) is 30.7 Å². The van der Waals surface area contributed by atoms with Crippen LogP contribution in [0.4, 0.5) is 0 Å². The Hall–Kier alpha value is -2.12. The molecule has 0 spiro atoms. The van der Waals surface area contributed by atoms with Crippen LogP contribution in [-0.4, -0.2) is 61.6 Å². The highest BCUT2D eigenvalue weighted by Crippen LogP contribution is 2.49. The van der Waals surface area contributed by atoms with Gasteiger partial charge in [-0.25, -0.2) is 4.79 Å². The first kappa shape index (κ1) is 48.0. The second kappa shape index (κ2) is 26.7. The Morgan fingerprint density at radius 2 is 1.44 bits per heavy atom. The number of cyclic esters (lactones) is 1. The standard InChI is InChI=1S/C29H53NO5.C17H26ClN/c1-5-7-9-11-12-13-14-15-16-18-24(34-29(33)26(30-22-31)20-23(3)4)21-27-25(28(32)35-27)19-17-10-8-6-2;1-13(2)12-16(19(3)4)17(10-5-11-17)14-6-8-15(18)9-7-14/h22-27H,5-21H2,1-4H3,(H,30,31);6-9,13,16H,5,10-12H2,1-4H3/t24-,25-,26-,27-;/m0./s1. The first-order valence-electron chi connectivity index (χ1n) is 21.9. The molecule has 1 amide bonds. The molecule has 1 aliphatic heterocycles. The number of ether oxygens (including phenoxy) is 2. The van der Waals surface area contributed by atoms with E-state index in [0.717, 1.165) is 49.5 Å². The molecule has 1 aromatic carbocycles. The van der Waals surface area contributed by atoms with E-state index in [1.165, 1.54) is 89.0 Å². The lowest BCUT2D eigenvalue weighted by Crippen LogP contribution is -2.52. The number of esters is 2. The number of likely N-dealkylation sites (N-methyl/N-ethyl adjacent to an activating group) is 1. The molecule has 1 aromatic rings. The SMILES string of the molecule is CC(C)CC(N(C)C)C1(c2ccc(Cl)cc2)CCC1.CCCCCCCCCCC[C@@H](C[C@@H]1OC(=O)[C@H]1CCCCCC)OC(=O)[C@H](CC(C)C)NC=O. The third kappa shape index (κ3) is 16.9. The molecule has 1 heterocycles. The zero-order chi connectivity index (χ0) is 39.9. The predicted molar refractivity (Wildman–Crippen MR) is 225 cm³/mol. The lowest BCUT2D eigenvalue weighted by molar-refractivity contribution is -0.190. The second-order valence-electron chi connectivity index (χ2n) is 17.4. The maximum absolute atomic E-state index is 12.9. The van der Waals surface area contributed by atoms with Gasteiger partial charge in [-0.15, -0.1) is 0 Å². The van der Waals surface area contributed by atoms with Gasteiger partial charge >= 0.3 is 11.9 Å². The van der Waals surface area contributed by atoms with Crippen molar-refractivity contribution < 1.29 is 23.9 Å². The predicted octanol–water partition coefficient (Wildman–Crippen LogP) is 11.6. The number of nitrogens with zero attached hydrogens (tertiary/aromatic N) is 1. The van der Waals surface area contributed by atoms with Crippen molar-refractivity contribution in [1.29, 1.82) is 0 Å². The average Bonchev–Trinajstić information content (AvgIpc) is 3.10. The number of unbranched alkanes of at least 4 members (excludes halogenated alkanes) is 11. The Kier molecular flexibility index (Phi) is 23.7. The van der Waals surface area contributed by atoms with Crippen LogP contribution >= 0.6 is 11.6 Å². The van der Waals surface area contributed by atoms with Crippen LogP contribution in [0.2, 0.25) is 5.02 Å². The van der Waals surface area contributed by atoms with Crippen molar-refractivity contribution in [3.05, 3.63) is 34.9 Å². The summed E-state index contributed by atoms with van der Waals surface area (Å²) in [6, 6.07) is 8.55. The van der Waals surface area contributed by atoms with Gasteiger partial charge in [0.1, 0.15) is 18.2 Å². The van der Waals surface area contributed by atoms with Gasteiger partial charge in [-0.3, -0.25) is 9.59 Å². The number of hydrogen-bond acceptors (Lipinski definition) is 6. The van der Waals surface area contributed by atoms with Crippen molar-refractivity contribution >= 4 is 29.9 Å². The first-order chi connectivity index (χ1) is 25.9. The zero-order valence-corrected chi connectivity index (χ0v) is 36.4. The summed E-state index contributed by atoms with van der Waals surface area (Å²) in [5, 5.41) is 3.46. The normalized spacial score (nSPS) is 19.2. The van der Waals surface area contributed by atoms with Crippen molar-refractivity contribution in [3.8, 4) is 0 Å². The summed E-state index contributed by atoms with van der Waals surface area (Å²) in [5.41, 5.74) is 1.82. The van der Waals surface area contributed by atoms with E-state index in [-0.39, 0.29) is 36.0 Å². The Labute approximate surface area is 335 Å². The van der Waals surface area contributed by atoms with Gasteiger partial charge in [-0.1, -0.05) is 149 Å². The summed E-state index contributed by atoms with van der Waals surface area (Å²) >= 11 is 6.04. The van der Waals surface area contributed by atoms with Gasteiger partial charge in [0.15, 0.2) is 0 Å². The van der Waals surface area contributed by atoms with E-state index in [4.69, 9.17) is 21.1 Å². The minimum Gasteiger partial charge on any atom is -0.461 e. The minimum absolute atomic E-state index is 0.0734. The molecule has 0 radical (unpaired) electrons. The maximum Gasteiger partial charge on any atom is 0.328 e. The number of hydrogen-bond donors (Lipinski definition) is 1.